The summed E-state index contributed by atoms with van der Waals surface area (Å²) in [4.78, 5) is 13.0. The van der Waals surface area contributed by atoms with Gasteiger partial charge in [-0.3, -0.25) is 0 Å². The number of phenolic OH excluding ortho intramolecular Hbond substituents is 1. The summed E-state index contributed by atoms with van der Waals surface area (Å²) >= 11 is 10.7. The van der Waals surface area contributed by atoms with Gasteiger partial charge in [-0.1, -0.05) is 0 Å². The van der Waals surface area contributed by atoms with Crippen molar-refractivity contribution in [1.29, 1.82) is 0 Å². The van der Waals surface area contributed by atoms with Gasteiger partial charge in [0.05, 0.1) is 0 Å². The zero-order valence-electron chi connectivity index (χ0n) is 13.4. The van der Waals surface area contributed by atoms with E-state index in [1.54, 1.807) is 13.1 Å². The number of likely N-dealkylation sites (N-methyl/N-ethyl adjacent to an activating group) is 1. The summed E-state index contributed by atoms with van der Waals surface area (Å²) < 4.78 is 0.696. The molecule has 132 valence electrons. The molecule has 0 aliphatic carbocycles. The molecule has 0 amide bonds. The summed E-state index contributed by atoms with van der Waals surface area (Å²) in [5, 5.41) is 19.1. The van der Waals surface area contributed by atoms with E-state index in [0.29, 0.717) is 9.39 Å². The molecule has 1 rings (SSSR count). The molecule has 23 heavy (non-hydrogen) atoms. The number of benzene rings is 1. The van der Waals surface area contributed by atoms with Crippen LogP contribution in [-0.2, 0) is 19.8 Å². The normalized spacial score (nSPS) is 13.9. The first-order chi connectivity index (χ1) is 10.8. The fourth-order valence-electron chi connectivity index (χ4n) is 2.08. The Morgan fingerprint density at radius 1 is 1.48 bits per heavy atom. The SMILES string of the molecule is Cc1ccc([C](=[Ni])SCC[C@@H](C)N(C)[C@H](CS)C(=O)O)c(O)c1. The van der Waals surface area contributed by atoms with Crippen molar-refractivity contribution in [3.05, 3.63) is 29.3 Å². The number of hydrogen-bond donors (Lipinski definition) is 3. The monoisotopic (exact) mass is 399 g/mol. The number of hydrogen-bond acceptors (Lipinski definition) is 5. The van der Waals surface area contributed by atoms with E-state index >= 15 is 0 Å². The van der Waals surface area contributed by atoms with Crippen molar-refractivity contribution >= 4 is 34.2 Å². The summed E-state index contributed by atoms with van der Waals surface area (Å²) in [7, 11) is 1.80. The zero-order valence-corrected chi connectivity index (χ0v) is 16.1. The summed E-state index contributed by atoms with van der Waals surface area (Å²) in [6.07, 6.45) is 0.804. The van der Waals surface area contributed by atoms with Crippen LogP contribution in [0.4, 0.5) is 0 Å². The van der Waals surface area contributed by atoms with Gasteiger partial charge in [0.2, 0.25) is 0 Å². The number of phenols is 1. The van der Waals surface area contributed by atoms with Crippen LogP contribution in [0.1, 0.15) is 24.5 Å². The van der Waals surface area contributed by atoms with E-state index in [1.807, 2.05) is 30.9 Å². The molecular formula is C16H23NNiO3S2. The Bertz CT molecular complexity index is 568. The minimum absolute atomic E-state index is 0.107. The van der Waals surface area contributed by atoms with Crippen LogP contribution in [0, 0.1) is 6.92 Å². The van der Waals surface area contributed by atoms with E-state index < -0.39 is 12.0 Å². The molecule has 1 aromatic rings. The van der Waals surface area contributed by atoms with Crippen molar-refractivity contribution in [2.45, 2.75) is 32.4 Å². The van der Waals surface area contributed by atoms with Gasteiger partial charge >= 0.3 is 155 Å². The molecule has 4 nitrogen and oxygen atoms in total. The van der Waals surface area contributed by atoms with Crippen molar-refractivity contribution < 1.29 is 30.0 Å². The Labute approximate surface area is 155 Å². The summed E-state index contributed by atoms with van der Waals surface area (Å²) in [6, 6.07) is 4.99. The zero-order chi connectivity index (χ0) is 17.6. The molecule has 0 fully saturated rings. The Balaban J connectivity index is 2.52. The standard InChI is InChI=1S/C16H23NO3S2.Ni/c1-11-4-5-13(15(18)8-11)10-22-7-6-12(2)17(3)14(9-21)16(19)20;/h4-5,8,12,14,18,21H,6-7,9H2,1-3H3,(H,19,20);/t12-,14-;/m1./s1. The summed E-state index contributed by atoms with van der Waals surface area (Å²) in [6.45, 7) is 3.91. The van der Waals surface area contributed by atoms with Gasteiger partial charge in [-0.05, 0) is 0 Å². The number of aliphatic carboxylic acids is 1. The van der Waals surface area contributed by atoms with Gasteiger partial charge in [0.1, 0.15) is 0 Å². The number of aromatic hydroxyl groups is 1. The van der Waals surface area contributed by atoms with Gasteiger partial charge in [0, 0.05) is 0 Å². The molecule has 0 heterocycles. The number of carbonyl (C=O) groups is 1. The Kier molecular flexibility index (Phi) is 8.69. The predicted molar refractivity (Wildman–Crippen MR) is 96.5 cm³/mol. The van der Waals surface area contributed by atoms with Crippen molar-refractivity contribution in [2.24, 2.45) is 0 Å². The van der Waals surface area contributed by atoms with Crippen LogP contribution in [0.2, 0.25) is 0 Å². The van der Waals surface area contributed by atoms with Gasteiger partial charge in [0.15, 0.2) is 0 Å². The van der Waals surface area contributed by atoms with Gasteiger partial charge < -0.3 is 0 Å². The number of nitrogens with zero attached hydrogens (tertiary/aromatic N) is 1. The van der Waals surface area contributed by atoms with E-state index in [2.05, 4.69) is 12.6 Å². The molecule has 0 saturated carbocycles. The number of thioether (sulfide) groups is 1. The second-order valence-electron chi connectivity index (χ2n) is 5.45. The Morgan fingerprint density at radius 2 is 2.13 bits per heavy atom. The van der Waals surface area contributed by atoms with Crippen LogP contribution < -0.4 is 0 Å². The third-order valence-electron chi connectivity index (χ3n) is 3.75. The van der Waals surface area contributed by atoms with Gasteiger partial charge in [-0.25, -0.2) is 0 Å². The summed E-state index contributed by atoms with van der Waals surface area (Å²) in [5.74, 6) is 0.406. The minimum atomic E-state index is -0.857. The average Bonchev–Trinajstić information content (AvgIpc) is 2.46. The van der Waals surface area contributed by atoms with Crippen LogP contribution in [-0.4, -0.2) is 55.5 Å². The molecule has 7 heteroatoms. The number of carboxylic acids is 1. The number of aryl methyl sites for hydroxylation is 1. The molecule has 0 unspecified atom stereocenters. The number of rotatable bonds is 9. The Hall–Kier alpha value is -0.486. The predicted octanol–water partition coefficient (Wildman–Crippen LogP) is 2.55. The molecule has 2 atom stereocenters. The molecule has 0 aromatic heterocycles. The third kappa shape index (κ3) is 6.14. The molecule has 0 bridgehead atoms. The van der Waals surface area contributed by atoms with Crippen LogP contribution in [0.3, 0.4) is 0 Å². The number of carboxylic acid groups (broad SMARTS) is 1. The van der Waals surface area contributed by atoms with Crippen LogP contribution in [0.25, 0.3) is 0 Å². The van der Waals surface area contributed by atoms with E-state index in [1.165, 1.54) is 11.8 Å². The second kappa shape index (κ2) is 9.72. The quantitative estimate of drug-likeness (QED) is 0.440. The van der Waals surface area contributed by atoms with Crippen molar-refractivity contribution in [3.63, 3.8) is 0 Å². The van der Waals surface area contributed by atoms with Crippen LogP contribution >= 0.6 is 24.4 Å². The fourth-order valence-corrected chi connectivity index (χ4v) is 3.96. The first-order valence-corrected chi connectivity index (χ1v) is 9.36. The van der Waals surface area contributed by atoms with Crippen LogP contribution in [0.15, 0.2) is 18.2 Å². The fraction of sp³-hybridized carbons (Fsp3) is 0.500. The van der Waals surface area contributed by atoms with Crippen molar-refractivity contribution in [1.82, 2.24) is 4.90 Å². The second-order valence-corrected chi connectivity index (χ2v) is 7.70. The maximum absolute atomic E-state index is 11.2. The van der Waals surface area contributed by atoms with Crippen molar-refractivity contribution in [3.8, 4) is 5.75 Å². The van der Waals surface area contributed by atoms with E-state index in [9.17, 15) is 9.90 Å². The first-order valence-electron chi connectivity index (χ1n) is 7.25. The topological polar surface area (TPSA) is 60.8 Å². The van der Waals surface area contributed by atoms with Gasteiger partial charge in [-0.15, -0.1) is 0 Å². The molecule has 0 radical (unpaired) electrons. The molecular weight excluding hydrogens is 377 g/mol. The molecule has 1 aromatic carbocycles. The van der Waals surface area contributed by atoms with E-state index in [0.717, 1.165) is 17.7 Å². The van der Waals surface area contributed by atoms with E-state index in [4.69, 9.17) is 20.1 Å². The molecule has 0 saturated heterocycles. The maximum atomic E-state index is 11.2. The average molecular weight is 400 g/mol. The van der Waals surface area contributed by atoms with Crippen molar-refractivity contribution in [2.75, 3.05) is 18.6 Å². The van der Waals surface area contributed by atoms with E-state index in [-0.39, 0.29) is 17.5 Å². The number of thiol groups is 1. The first kappa shape index (κ1) is 20.6. The molecule has 0 aliphatic rings. The van der Waals surface area contributed by atoms with Gasteiger partial charge in [0.25, 0.3) is 0 Å². The Morgan fingerprint density at radius 3 is 2.65 bits per heavy atom. The van der Waals surface area contributed by atoms with Gasteiger partial charge in [-0.2, -0.15) is 0 Å². The third-order valence-corrected chi connectivity index (χ3v) is 5.68. The molecule has 0 aliphatic heterocycles. The molecule has 2 N–H and O–H groups in total. The summed E-state index contributed by atoms with van der Waals surface area (Å²) in [5.41, 5.74) is 1.69. The molecule has 0 spiro atoms. The van der Waals surface area contributed by atoms with Crippen LogP contribution in [0.5, 0.6) is 5.75 Å².